The van der Waals surface area contributed by atoms with Crippen molar-refractivity contribution in [3.63, 3.8) is 0 Å². The second-order valence-corrected chi connectivity index (χ2v) is 15.0. The van der Waals surface area contributed by atoms with Gasteiger partial charge in [0.2, 0.25) is 5.91 Å². The molecule has 0 aliphatic carbocycles. The van der Waals surface area contributed by atoms with Crippen LogP contribution in [0, 0.1) is 11.6 Å². The normalized spacial score (nSPS) is 17.0. The van der Waals surface area contributed by atoms with E-state index in [4.69, 9.17) is 4.74 Å². The summed E-state index contributed by atoms with van der Waals surface area (Å²) in [5, 5.41) is 17.1. The van der Waals surface area contributed by atoms with E-state index in [2.05, 4.69) is 54.0 Å². The summed E-state index contributed by atoms with van der Waals surface area (Å²) in [6.45, 7) is 4.00. The average Bonchev–Trinajstić information content (AvgIpc) is 3.59. The monoisotopic (exact) mass is 777 g/mol. The zero-order valence-electron chi connectivity index (χ0n) is 31.7. The van der Waals surface area contributed by atoms with E-state index < -0.39 is 17.7 Å². The predicted molar refractivity (Wildman–Crippen MR) is 214 cm³/mol. The van der Waals surface area contributed by atoms with Gasteiger partial charge in [0.15, 0.2) is 5.82 Å². The van der Waals surface area contributed by atoms with Crippen molar-refractivity contribution in [3.05, 3.63) is 107 Å². The number of amides is 4. The van der Waals surface area contributed by atoms with Gasteiger partial charge in [0.1, 0.15) is 11.6 Å². The van der Waals surface area contributed by atoms with Crippen LogP contribution in [0.5, 0.6) is 0 Å². The van der Waals surface area contributed by atoms with Crippen LogP contribution in [0.25, 0.3) is 10.9 Å². The third-order valence-electron chi connectivity index (χ3n) is 11.1. The summed E-state index contributed by atoms with van der Waals surface area (Å²) in [5.41, 5.74) is 5.89. The highest BCUT2D eigenvalue weighted by molar-refractivity contribution is 6.11. The minimum absolute atomic E-state index is 0.158. The van der Waals surface area contributed by atoms with Gasteiger partial charge >= 0.3 is 6.03 Å². The Morgan fingerprint density at radius 2 is 1.68 bits per heavy atom. The molecule has 3 aliphatic heterocycles. The van der Waals surface area contributed by atoms with Crippen LogP contribution in [0.15, 0.2) is 72.9 Å². The van der Waals surface area contributed by atoms with Gasteiger partial charge in [-0.1, -0.05) is 6.07 Å². The first-order valence-electron chi connectivity index (χ1n) is 19.4. The number of anilines is 4. The third-order valence-corrected chi connectivity index (χ3v) is 11.1. The summed E-state index contributed by atoms with van der Waals surface area (Å²) < 4.78 is 33.3. The maximum atomic E-state index is 14.0. The zero-order chi connectivity index (χ0) is 39.5. The number of carbonyl (C=O) groups excluding carboxylic acids is 3. The Morgan fingerprint density at radius 3 is 2.42 bits per heavy atom. The number of hydrogen-bond donors (Lipinski definition) is 4. The molecule has 3 aliphatic rings. The quantitative estimate of drug-likeness (QED) is 0.123. The first-order valence-corrected chi connectivity index (χ1v) is 19.4. The van der Waals surface area contributed by atoms with Gasteiger partial charge in [0.25, 0.3) is 5.91 Å². The Bertz CT molecular complexity index is 2250. The lowest BCUT2D eigenvalue weighted by molar-refractivity contribution is -0.120. The van der Waals surface area contributed by atoms with Crippen LogP contribution in [0.1, 0.15) is 59.3 Å². The number of aromatic amines is 1. The van der Waals surface area contributed by atoms with Crippen LogP contribution in [-0.2, 0) is 22.5 Å². The summed E-state index contributed by atoms with van der Waals surface area (Å²) in [5.74, 6) is -1.46. The molecule has 57 heavy (non-hydrogen) atoms. The fraction of sp³-hybridized carbons (Fsp3) is 0.357. The van der Waals surface area contributed by atoms with E-state index in [1.54, 1.807) is 6.20 Å². The number of nitrogens with one attached hydrogen (secondary N) is 4. The van der Waals surface area contributed by atoms with Gasteiger partial charge in [0.05, 0.1) is 28.7 Å². The van der Waals surface area contributed by atoms with Gasteiger partial charge in [-0.15, -0.1) is 0 Å². The van der Waals surface area contributed by atoms with Crippen molar-refractivity contribution in [2.45, 2.75) is 57.2 Å². The smallest absolute Gasteiger partial charge is 0.328 e. The third kappa shape index (κ3) is 8.89. The molecule has 0 saturated carbocycles. The fourth-order valence-electron chi connectivity index (χ4n) is 7.93. The average molecular weight is 778 g/mol. The van der Waals surface area contributed by atoms with Crippen LogP contribution in [0.3, 0.4) is 0 Å². The van der Waals surface area contributed by atoms with Crippen molar-refractivity contribution < 1.29 is 27.9 Å². The van der Waals surface area contributed by atoms with Gasteiger partial charge in [0, 0.05) is 80.7 Å². The summed E-state index contributed by atoms with van der Waals surface area (Å²) in [6, 6.07) is 18.9. The first kappa shape index (κ1) is 38.0. The summed E-state index contributed by atoms with van der Waals surface area (Å²) in [4.78, 5) is 48.6. The van der Waals surface area contributed by atoms with Crippen LogP contribution in [-0.4, -0.2) is 89.9 Å². The Kier molecular flexibility index (Phi) is 11.1. The van der Waals surface area contributed by atoms with Crippen molar-refractivity contribution in [3.8, 4) is 0 Å². The number of fused-ring (bicyclic) bond motifs is 1. The molecule has 0 radical (unpaired) electrons. The van der Waals surface area contributed by atoms with Crippen molar-refractivity contribution in [2.75, 3.05) is 60.3 Å². The maximum Gasteiger partial charge on any atom is 0.328 e. The molecular weight excluding hydrogens is 733 g/mol. The number of ether oxygens (including phenoxy) is 1. The van der Waals surface area contributed by atoms with Gasteiger partial charge in [-0.25, -0.2) is 13.6 Å². The lowest BCUT2D eigenvalue weighted by Crippen LogP contribution is -2.49. The van der Waals surface area contributed by atoms with E-state index in [-0.39, 0.29) is 24.3 Å². The molecule has 296 valence electrons. The largest absolute Gasteiger partial charge is 0.381 e. The zero-order valence-corrected chi connectivity index (χ0v) is 31.7. The molecule has 3 saturated heterocycles. The maximum absolute atomic E-state index is 14.0. The number of aromatic nitrogens is 3. The SMILES string of the molecule is CN(Cc1ccc(N2CCC(=O)NC2=O)cn1)C1CCN(c2ccc(C(=O)Nc3n[nH]c4ccc(Cc5cc(F)cc(F)c5)cc34)c(NC3CCOCC3)c2)CC1. The number of pyridine rings is 1. The van der Waals surface area contributed by atoms with Crippen LogP contribution >= 0.6 is 0 Å². The highest BCUT2D eigenvalue weighted by Crippen LogP contribution is 2.31. The number of H-pyrrole nitrogens is 1. The molecule has 13 nitrogen and oxygen atoms in total. The number of benzene rings is 3. The lowest BCUT2D eigenvalue weighted by atomic mass is 10.0. The van der Waals surface area contributed by atoms with Crippen molar-refractivity contribution in [1.29, 1.82) is 0 Å². The number of imide groups is 1. The number of urea groups is 1. The Balaban J connectivity index is 0.931. The second-order valence-electron chi connectivity index (χ2n) is 15.0. The summed E-state index contributed by atoms with van der Waals surface area (Å²) in [7, 11) is 2.11. The molecule has 2 aromatic heterocycles. The number of halogens is 2. The Hall–Kier alpha value is -5.93. The Morgan fingerprint density at radius 1 is 0.912 bits per heavy atom. The van der Waals surface area contributed by atoms with E-state index in [0.717, 1.165) is 73.0 Å². The van der Waals surface area contributed by atoms with Gasteiger partial charge in [-0.2, -0.15) is 5.10 Å². The molecule has 8 rings (SSSR count). The van der Waals surface area contributed by atoms with Crippen molar-refractivity contribution >= 4 is 51.6 Å². The summed E-state index contributed by atoms with van der Waals surface area (Å²) >= 11 is 0. The highest BCUT2D eigenvalue weighted by Gasteiger charge is 2.27. The molecule has 4 N–H and O–H groups in total. The molecule has 0 bridgehead atoms. The molecule has 0 atom stereocenters. The predicted octanol–water partition coefficient (Wildman–Crippen LogP) is 6.22. The Labute approximate surface area is 328 Å². The molecule has 15 heteroatoms. The molecule has 0 spiro atoms. The number of piperidine rings is 1. The topological polar surface area (TPSA) is 148 Å². The molecule has 3 fully saturated rings. The highest BCUT2D eigenvalue weighted by atomic mass is 19.1. The first-order chi connectivity index (χ1) is 27.6. The standard InChI is InChI=1S/C42H45F2N9O4/c1-51(25-31-3-4-34(24-45-31)53-15-10-39(54)47-42(53)56)32-8-13-52(14-9-32)33-5-6-35(38(23-33)46-30-11-16-57-17-12-30)41(55)48-40-36-21-26(2-7-37(36)49-50-40)18-27-19-28(43)22-29(44)20-27/h2-7,19-24,30,32,46H,8-18,25H2,1H3,(H,47,54,56)(H2,48,49,50,55). The van der Waals surface area contributed by atoms with E-state index >= 15 is 0 Å². The summed E-state index contributed by atoms with van der Waals surface area (Å²) in [6.07, 6.45) is 5.82. The van der Waals surface area contributed by atoms with Crippen LogP contribution in [0.2, 0.25) is 0 Å². The van der Waals surface area contributed by atoms with E-state index in [1.165, 1.54) is 17.0 Å². The lowest BCUT2D eigenvalue weighted by Gasteiger charge is -2.38. The fourth-order valence-corrected chi connectivity index (χ4v) is 7.93. The molecule has 5 heterocycles. The minimum Gasteiger partial charge on any atom is -0.381 e. The number of hydrogen-bond acceptors (Lipinski definition) is 9. The van der Waals surface area contributed by atoms with Gasteiger partial charge in [-0.05, 0) is 105 Å². The van der Waals surface area contributed by atoms with Crippen LogP contribution in [0.4, 0.5) is 36.5 Å². The second kappa shape index (κ2) is 16.7. The van der Waals surface area contributed by atoms with Crippen molar-refractivity contribution in [2.24, 2.45) is 0 Å². The minimum atomic E-state index is -0.628. The van der Waals surface area contributed by atoms with E-state index in [9.17, 15) is 23.2 Å². The molecule has 0 unspecified atom stereocenters. The van der Waals surface area contributed by atoms with E-state index in [1.807, 2.05) is 42.5 Å². The molecular formula is C42H45F2N9O4. The number of nitrogens with zero attached hydrogens (tertiary/aromatic N) is 5. The van der Waals surface area contributed by atoms with Gasteiger partial charge in [-0.3, -0.25) is 34.8 Å². The van der Waals surface area contributed by atoms with Gasteiger partial charge < -0.3 is 20.3 Å². The molecule has 5 aromatic rings. The number of rotatable bonds is 11. The molecule has 3 aromatic carbocycles. The molecule has 4 amide bonds. The number of carbonyl (C=O) groups is 3. The van der Waals surface area contributed by atoms with E-state index in [0.29, 0.717) is 66.8 Å². The van der Waals surface area contributed by atoms with Crippen LogP contribution < -0.4 is 25.8 Å². The van der Waals surface area contributed by atoms with Crippen molar-refractivity contribution in [1.82, 2.24) is 25.4 Å².